The summed E-state index contributed by atoms with van der Waals surface area (Å²) in [6.45, 7) is 1.86. The van der Waals surface area contributed by atoms with Crippen LogP contribution < -0.4 is 5.32 Å². The summed E-state index contributed by atoms with van der Waals surface area (Å²) >= 11 is 2.67. The van der Waals surface area contributed by atoms with Gasteiger partial charge >= 0.3 is 0 Å². The standard InChI is InChI=1S/C15H13FN2OS2/c1-10(12-4-2-3-5-13(12)16)21-9-14(19)18-15-11(8-17)6-7-20-15/h2-7,10H,9H2,1H3,(H,18,19). The van der Waals surface area contributed by atoms with Crippen LogP contribution in [0.5, 0.6) is 0 Å². The zero-order chi connectivity index (χ0) is 15.2. The highest BCUT2D eigenvalue weighted by Crippen LogP contribution is 2.30. The van der Waals surface area contributed by atoms with Gasteiger partial charge in [0, 0.05) is 10.8 Å². The summed E-state index contributed by atoms with van der Waals surface area (Å²) < 4.78 is 13.6. The molecule has 1 atom stereocenters. The molecule has 1 unspecified atom stereocenters. The van der Waals surface area contributed by atoms with Gasteiger partial charge in [0.05, 0.1) is 11.3 Å². The Balaban J connectivity index is 1.90. The van der Waals surface area contributed by atoms with E-state index >= 15 is 0 Å². The number of amides is 1. The zero-order valence-corrected chi connectivity index (χ0v) is 12.9. The van der Waals surface area contributed by atoms with Gasteiger partial charge in [-0.25, -0.2) is 4.39 Å². The third-order valence-electron chi connectivity index (χ3n) is 2.85. The minimum atomic E-state index is -0.261. The quantitative estimate of drug-likeness (QED) is 0.898. The lowest BCUT2D eigenvalue weighted by molar-refractivity contribution is -0.113. The molecule has 0 aliphatic rings. The number of hydrogen-bond acceptors (Lipinski definition) is 4. The highest BCUT2D eigenvalue weighted by Gasteiger charge is 2.14. The van der Waals surface area contributed by atoms with E-state index in [4.69, 9.17) is 5.26 Å². The van der Waals surface area contributed by atoms with Gasteiger partial charge in [0.25, 0.3) is 0 Å². The predicted molar refractivity (Wildman–Crippen MR) is 84.9 cm³/mol. The number of hydrogen-bond donors (Lipinski definition) is 1. The molecule has 0 bridgehead atoms. The van der Waals surface area contributed by atoms with Gasteiger partial charge in [0.1, 0.15) is 16.9 Å². The molecule has 3 nitrogen and oxygen atoms in total. The molecule has 6 heteroatoms. The maximum atomic E-state index is 13.6. The van der Waals surface area contributed by atoms with Gasteiger partial charge < -0.3 is 5.32 Å². The normalized spacial score (nSPS) is 11.7. The van der Waals surface area contributed by atoms with Gasteiger partial charge in [0.15, 0.2) is 0 Å². The summed E-state index contributed by atoms with van der Waals surface area (Å²) in [6, 6.07) is 10.2. The molecule has 0 aliphatic carbocycles. The van der Waals surface area contributed by atoms with Crippen LogP contribution in [0.4, 0.5) is 9.39 Å². The van der Waals surface area contributed by atoms with Gasteiger partial charge in [-0.1, -0.05) is 18.2 Å². The maximum Gasteiger partial charge on any atom is 0.235 e. The number of thioether (sulfide) groups is 1. The molecule has 0 saturated heterocycles. The number of anilines is 1. The van der Waals surface area contributed by atoms with Crippen LogP contribution in [0.2, 0.25) is 0 Å². The summed E-state index contributed by atoms with van der Waals surface area (Å²) in [5, 5.41) is 13.8. The number of nitrogens with one attached hydrogen (secondary N) is 1. The molecular formula is C15H13FN2OS2. The van der Waals surface area contributed by atoms with E-state index in [-0.39, 0.29) is 22.7 Å². The number of rotatable bonds is 5. The first kappa shape index (κ1) is 15.5. The molecule has 1 heterocycles. The SMILES string of the molecule is CC(SCC(=O)Nc1sccc1C#N)c1ccccc1F. The fraction of sp³-hybridized carbons (Fsp3) is 0.200. The van der Waals surface area contributed by atoms with E-state index in [0.29, 0.717) is 16.1 Å². The van der Waals surface area contributed by atoms with Crippen molar-refractivity contribution in [1.29, 1.82) is 5.26 Å². The first-order valence-electron chi connectivity index (χ1n) is 6.25. The Kier molecular flexibility index (Phi) is 5.37. The number of thiophene rings is 1. The fourth-order valence-corrected chi connectivity index (χ4v) is 3.35. The third-order valence-corrected chi connectivity index (χ3v) is 4.86. The van der Waals surface area contributed by atoms with Crippen molar-refractivity contribution in [1.82, 2.24) is 0 Å². The first-order chi connectivity index (χ1) is 10.1. The number of benzene rings is 1. The lowest BCUT2D eigenvalue weighted by Crippen LogP contribution is -2.14. The van der Waals surface area contributed by atoms with Gasteiger partial charge in [-0.3, -0.25) is 4.79 Å². The number of carbonyl (C=O) groups is 1. The summed E-state index contributed by atoms with van der Waals surface area (Å²) in [4.78, 5) is 11.9. The van der Waals surface area contributed by atoms with E-state index in [1.165, 1.54) is 29.2 Å². The van der Waals surface area contributed by atoms with E-state index in [2.05, 4.69) is 5.32 Å². The summed E-state index contributed by atoms with van der Waals surface area (Å²) in [7, 11) is 0. The van der Waals surface area contributed by atoms with E-state index in [1.807, 2.05) is 13.0 Å². The van der Waals surface area contributed by atoms with Gasteiger partial charge in [0.2, 0.25) is 5.91 Å². The van der Waals surface area contributed by atoms with Crippen molar-refractivity contribution in [2.45, 2.75) is 12.2 Å². The van der Waals surface area contributed by atoms with Gasteiger partial charge in [-0.15, -0.1) is 23.1 Å². The largest absolute Gasteiger partial charge is 0.316 e. The van der Waals surface area contributed by atoms with Crippen LogP contribution in [0.3, 0.4) is 0 Å². The predicted octanol–water partition coefficient (Wildman–Crippen LogP) is 4.19. The molecule has 108 valence electrons. The Morgan fingerprint density at radius 1 is 1.48 bits per heavy atom. The molecular weight excluding hydrogens is 307 g/mol. The van der Waals surface area contributed by atoms with E-state index in [0.717, 1.165) is 0 Å². The van der Waals surface area contributed by atoms with Gasteiger partial charge in [-0.05, 0) is 24.4 Å². The maximum absolute atomic E-state index is 13.6. The Morgan fingerprint density at radius 2 is 2.24 bits per heavy atom. The van der Waals surface area contributed by atoms with Crippen molar-refractivity contribution in [3.05, 3.63) is 52.7 Å². The van der Waals surface area contributed by atoms with Crippen molar-refractivity contribution < 1.29 is 9.18 Å². The van der Waals surface area contributed by atoms with Crippen LogP contribution in [0.25, 0.3) is 0 Å². The summed E-state index contributed by atoms with van der Waals surface area (Å²) in [5.74, 6) is -0.247. The monoisotopic (exact) mass is 320 g/mol. The van der Waals surface area contributed by atoms with Crippen LogP contribution in [-0.4, -0.2) is 11.7 Å². The average Bonchev–Trinajstić information content (AvgIpc) is 2.92. The van der Waals surface area contributed by atoms with Crippen LogP contribution in [0.15, 0.2) is 35.7 Å². The number of nitrogens with zero attached hydrogens (tertiary/aromatic N) is 1. The van der Waals surface area contributed by atoms with Crippen molar-refractivity contribution in [2.75, 3.05) is 11.1 Å². The third kappa shape index (κ3) is 4.06. The lowest BCUT2D eigenvalue weighted by atomic mass is 10.1. The highest BCUT2D eigenvalue weighted by molar-refractivity contribution is 8.00. The van der Waals surface area contributed by atoms with Crippen molar-refractivity contribution >= 4 is 34.0 Å². The van der Waals surface area contributed by atoms with Crippen LogP contribution in [0.1, 0.15) is 23.3 Å². The van der Waals surface area contributed by atoms with E-state index in [1.54, 1.807) is 29.6 Å². The summed E-state index contributed by atoms with van der Waals surface area (Å²) in [5.41, 5.74) is 1.05. The molecule has 1 aromatic carbocycles. The lowest BCUT2D eigenvalue weighted by Gasteiger charge is -2.12. The minimum Gasteiger partial charge on any atom is -0.316 e. The summed E-state index contributed by atoms with van der Waals surface area (Å²) in [6.07, 6.45) is 0. The van der Waals surface area contributed by atoms with Crippen molar-refractivity contribution in [2.24, 2.45) is 0 Å². The Hall–Kier alpha value is -1.84. The molecule has 0 spiro atoms. The van der Waals surface area contributed by atoms with Crippen molar-refractivity contribution in [3.8, 4) is 6.07 Å². The smallest absolute Gasteiger partial charge is 0.235 e. The van der Waals surface area contributed by atoms with Crippen molar-refractivity contribution in [3.63, 3.8) is 0 Å². The second kappa shape index (κ2) is 7.25. The molecule has 2 aromatic rings. The molecule has 0 aliphatic heterocycles. The molecule has 1 amide bonds. The highest BCUT2D eigenvalue weighted by atomic mass is 32.2. The Bertz CT molecular complexity index is 678. The first-order valence-corrected chi connectivity index (χ1v) is 8.18. The zero-order valence-electron chi connectivity index (χ0n) is 11.3. The number of carbonyl (C=O) groups excluding carboxylic acids is 1. The average molecular weight is 320 g/mol. The number of nitriles is 1. The van der Waals surface area contributed by atoms with Crippen LogP contribution in [0, 0.1) is 17.1 Å². The topological polar surface area (TPSA) is 52.9 Å². The fourth-order valence-electron chi connectivity index (χ4n) is 1.75. The minimum absolute atomic E-state index is 0.115. The molecule has 1 N–H and O–H groups in total. The Morgan fingerprint density at radius 3 is 2.95 bits per heavy atom. The Labute approximate surface area is 130 Å². The molecule has 2 rings (SSSR count). The molecule has 0 radical (unpaired) electrons. The molecule has 0 saturated carbocycles. The number of halogens is 1. The molecule has 1 aromatic heterocycles. The molecule has 21 heavy (non-hydrogen) atoms. The van der Waals surface area contributed by atoms with E-state index in [9.17, 15) is 9.18 Å². The second-order valence-corrected chi connectivity index (χ2v) is 6.54. The van der Waals surface area contributed by atoms with Gasteiger partial charge in [-0.2, -0.15) is 5.26 Å². The van der Waals surface area contributed by atoms with Crippen LogP contribution >= 0.6 is 23.1 Å². The molecule has 0 fully saturated rings. The second-order valence-electron chi connectivity index (χ2n) is 4.30. The van der Waals surface area contributed by atoms with E-state index < -0.39 is 0 Å². The van der Waals surface area contributed by atoms with Crippen LogP contribution in [-0.2, 0) is 4.79 Å².